The number of hydrogen-bond donors (Lipinski definition) is 2. The minimum Gasteiger partial charge on any atom is -0.504 e. The summed E-state index contributed by atoms with van der Waals surface area (Å²) in [4.78, 5) is 10.9. The van der Waals surface area contributed by atoms with Crippen molar-refractivity contribution in [2.24, 2.45) is 5.73 Å². The largest absolute Gasteiger partial charge is 0.504 e. The maximum Gasteiger partial charge on any atom is 0.161 e. The van der Waals surface area contributed by atoms with Gasteiger partial charge in [0.1, 0.15) is 0 Å². The molecule has 0 bridgehead atoms. The second kappa shape index (κ2) is 3.24. The number of aromatic hydroxyl groups is 1. The molecule has 0 unspecified atom stereocenters. The van der Waals surface area contributed by atoms with Gasteiger partial charge in [0, 0.05) is 11.1 Å². The first-order valence-corrected chi connectivity index (χ1v) is 4.76. The maximum absolute atomic E-state index is 10.9. The first-order valence-electron chi connectivity index (χ1n) is 4.76. The van der Waals surface area contributed by atoms with Gasteiger partial charge < -0.3 is 15.6 Å². The molecule has 0 heterocycles. The van der Waals surface area contributed by atoms with Gasteiger partial charge in [0.05, 0.1) is 7.11 Å². The molecule has 15 heavy (non-hydrogen) atoms. The summed E-state index contributed by atoms with van der Waals surface area (Å²) in [6.07, 6.45) is 2.43. The van der Waals surface area contributed by atoms with Crippen LogP contribution in [0.4, 0.5) is 0 Å². The van der Waals surface area contributed by atoms with Crippen LogP contribution in [0.15, 0.2) is 12.1 Å². The van der Waals surface area contributed by atoms with Crippen molar-refractivity contribution in [2.45, 2.75) is 18.4 Å². The van der Waals surface area contributed by atoms with Gasteiger partial charge in [-0.25, -0.2) is 0 Å². The summed E-state index contributed by atoms with van der Waals surface area (Å²) >= 11 is 0. The first-order chi connectivity index (χ1) is 7.10. The molecule has 1 aromatic rings. The van der Waals surface area contributed by atoms with Crippen molar-refractivity contribution in [2.75, 3.05) is 7.11 Å². The van der Waals surface area contributed by atoms with Gasteiger partial charge in [0.25, 0.3) is 0 Å². The van der Waals surface area contributed by atoms with Crippen LogP contribution < -0.4 is 10.5 Å². The lowest BCUT2D eigenvalue weighted by Gasteiger charge is -2.14. The Labute approximate surface area is 87.7 Å². The molecule has 0 aliphatic heterocycles. The number of ether oxygens (including phenoxy) is 1. The van der Waals surface area contributed by atoms with E-state index in [-0.39, 0.29) is 5.75 Å². The summed E-state index contributed by atoms with van der Waals surface area (Å²) in [5.74, 6) is 0.319. The second-order valence-electron chi connectivity index (χ2n) is 3.89. The molecule has 3 N–H and O–H groups in total. The summed E-state index contributed by atoms with van der Waals surface area (Å²) < 4.78 is 4.93. The van der Waals surface area contributed by atoms with Crippen LogP contribution in [-0.2, 0) is 5.54 Å². The van der Waals surface area contributed by atoms with Crippen LogP contribution in [0, 0.1) is 0 Å². The van der Waals surface area contributed by atoms with Crippen molar-refractivity contribution >= 4 is 6.29 Å². The molecule has 4 heteroatoms. The fraction of sp³-hybridized carbons (Fsp3) is 0.364. The van der Waals surface area contributed by atoms with E-state index in [1.54, 1.807) is 0 Å². The van der Waals surface area contributed by atoms with Crippen LogP contribution in [0.5, 0.6) is 11.5 Å². The van der Waals surface area contributed by atoms with E-state index >= 15 is 0 Å². The molecular weight excluding hydrogens is 194 g/mol. The Kier molecular flexibility index (Phi) is 2.16. The lowest BCUT2D eigenvalue weighted by atomic mass is 9.99. The maximum atomic E-state index is 10.9. The Hall–Kier alpha value is -1.55. The van der Waals surface area contributed by atoms with Crippen LogP contribution in [0.1, 0.15) is 28.8 Å². The number of carbonyl (C=O) groups is 1. The molecule has 1 aliphatic carbocycles. The molecule has 0 atom stereocenters. The fourth-order valence-electron chi connectivity index (χ4n) is 1.68. The highest BCUT2D eigenvalue weighted by molar-refractivity contribution is 5.80. The molecule has 1 saturated carbocycles. The molecule has 0 spiro atoms. The minimum atomic E-state index is -0.431. The van der Waals surface area contributed by atoms with Gasteiger partial charge in [0.2, 0.25) is 0 Å². The minimum absolute atomic E-state index is 0.0230. The van der Waals surface area contributed by atoms with Crippen molar-refractivity contribution in [1.82, 2.24) is 0 Å². The number of phenolic OH excluding ortho intramolecular Hbond substituents is 1. The standard InChI is InChI=1S/C11H13NO3/c1-15-10-4-7(6-13)8(5-9(10)14)11(12)2-3-11/h4-6,14H,2-3,12H2,1H3. The molecule has 0 saturated heterocycles. The van der Waals surface area contributed by atoms with E-state index in [4.69, 9.17) is 10.5 Å². The Morgan fingerprint density at radius 2 is 2.20 bits per heavy atom. The Balaban J connectivity index is 2.54. The monoisotopic (exact) mass is 207 g/mol. The van der Waals surface area contributed by atoms with Gasteiger partial charge in [-0.3, -0.25) is 4.79 Å². The number of nitrogens with two attached hydrogens (primary N) is 1. The van der Waals surface area contributed by atoms with E-state index in [0.717, 1.165) is 19.1 Å². The number of methoxy groups -OCH3 is 1. The van der Waals surface area contributed by atoms with Gasteiger partial charge in [0.15, 0.2) is 17.8 Å². The number of benzene rings is 1. The predicted molar refractivity (Wildman–Crippen MR) is 55.1 cm³/mol. The summed E-state index contributed by atoms with van der Waals surface area (Å²) in [6.45, 7) is 0. The topological polar surface area (TPSA) is 72.5 Å². The number of rotatable bonds is 3. The smallest absolute Gasteiger partial charge is 0.161 e. The van der Waals surface area contributed by atoms with Crippen molar-refractivity contribution in [1.29, 1.82) is 0 Å². The summed E-state index contributed by atoms with van der Waals surface area (Å²) in [7, 11) is 1.44. The number of carbonyl (C=O) groups excluding carboxylic acids is 1. The highest BCUT2D eigenvalue weighted by Gasteiger charge is 2.42. The molecule has 2 rings (SSSR count). The molecular formula is C11H13NO3. The van der Waals surface area contributed by atoms with Gasteiger partial charge in [-0.15, -0.1) is 0 Å². The SMILES string of the molecule is COc1cc(C=O)c(C2(N)CC2)cc1O. The molecule has 0 radical (unpaired) electrons. The van der Waals surface area contributed by atoms with E-state index in [9.17, 15) is 9.90 Å². The van der Waals surface area contributed by atoms with Gasteiger partial charge in [-0.2, -0.15) is 0 Å². The summed E-state index contributed by atoms with van der Waals surface area (Å²) in [5.41, 5.74) is 6.76. The van der Waals surface area contributed by atoms with Crippen LogP contribution in [0.3, 0.4) is 0 Å². The molecule has 1 aliphatic rings. The molecule has 0 amide bonds. The van der Waals surface area contributed by atoms with Crippen LogP contribution >= 0.6 is 0 Å². The van der Waals surface area contributed by atoms with Crippen molar-refractivity contribution in [3.8, 4) is 11.5 Å². The Bertz CT molecular complexity index is 411. The van der Waals surface area contributed by atoms with Gasteiger partial charge in [-0.1, -0.05) is 0 Å². The average Bonchev–Trinajstić information content (AvgIpc) is 2.97. The number of hydrogen-bond acceptors (Lipinski definition) is 4. The highest BCUT2D eigenvalue weighted by Crippen LogP contribution is 2.46. The Morgan fingerprint density at radius 3 is 2.67 bits per heavy atom. The summed E-state index contributed by atoms with van der Waals surface area (Å²) in [5, 5.41) is 9.61. The van der Waals surface area contributed by atoms with Crippen molar-refractivity contribution in [3.63, 3.8) is 0 Å². The fourth-order valence-corrected chi connectivity index (χ4v) is 1.68. The summed E-state index contributed by atoms with van der Waals surface area (Å²) in [6, 6.07) is 3.04. The molecule has 80 valence electrons. The zero-order valence-corrected chi connectivity index (χ0v) is 8.49. The van der Waals surface area contributed by atoms with E-state index in [2.05, 4.69) is 0 Å². The number of phenols is 1. The molecule has 4 nitrogen and oxygen atoms in total. The van der Waals surface area contributed by atoms with Crippen LogP contribution in [-0.4, -0.2) is 18.5 Å². The predicted octanol–water partition coefficient (Wildman–Crippen LogP) is 1.16. The van der Waals surface area contributed by atoms with Gasteiger partial charge >= 0.3 is 0 Å². The third-order valence-corrected chi connectivity index (χ3v) is 2.80. The van der Waals surface area contributed by atoms with E-state index in [1.807, 2.05) is 0 Å². The van der Waals surface area contributed by atoms with E-state index in [0.29, 0.717) is 16.9 Å². The van der Waals surface area contributed by atoms with E-state index in [1.165, 1.54) is 19.2 Å². The normalized spacial score (nSPS) is 17.2. The Morgan fingerprint density at radius 1 is 1.53 bits per heavy atom. The third-order valence-electron chi connectivity index (χ3n) is 2.80. The zero-order chi connectivity index (χ0) is 11.1. The number of aldehydes is 1. The van der Waals surface area contributed by atoms with E-state index < -0.39 is 5.54 Å². The van der Waals surface area contributed by atoms with Crippen molar-refractivity contribution in [3.05, 3.63) is 23.3 Å². The quantitative estimate of drug-likeness (QED) is 0.729. The van der Waals surface area contributed by atoms with Crippen molar-refractivity contribution < 1.29 is 14.6 Å². The lowest BCUT2D eigenvalue weighted by Crippen LogP contribution is -2.20. The second-order valence-corrected chi connectivity index (χ2v) is 3.89. The van der Waals surface area contributed by atoms with Crippen LogP contribution in [0.2, 0.25) is 0 Å². The molecule has 0 aromatic heterocycles. The lowest BCUT2D eigenvalue weighted by molar-refractivity contribution is 0.112. The third kappa shape index (κ3) is 1.57. The molecule has 1 fully saturated rings. The zero-order valence-electron chi connectivity index (χ0n) is 8.49. The highest BCUT2D eigenvalue weighted by atomic mass is 16.5. The molecule has 1 aromatic carbocycles. The first kappa shape index (κ1) is 9.98. The van der Waals surface area contributed by atoms with Gasteiger partial charge in [-0.05, 0) is 30.5 Å². The average molecular weight is 207 g/mol. The van der Waals surface area contributed by atoms with Crippen LogP contribution in [0.25, 0.3) is 0 Å².